The SMILES string of the molecule is CC1=CC(=O)C(=O)C=C1[O-]. The molecule has 0 aromatic rings. The molecule has 0 amide bonds. The van der Waals surface area contributed by atoms with Crippen LogP contribution in [0, 0.1) is 0 Å². The summed E-state index contributed by atoms with van der Waals surface area (Å²) >= 11 is 0. The number of rotatable bonds is 0. The normalized spacial score (nSPS) is 18.5. The molecule has 0 saturated heterocycles. The third-order valence-electron chi connectivity index (χ3n) is 1.24. The van der Waals surface area contributed by atoms with Crippen LogP contribution in [0.2, 0.25) is 0 Å². The lowest BCUT2D eigenvalue weighted by atomic mass is 10.1. The molecule has 0 fully saturated rings. The fraction of sp³-hybridized carbons (Fsp3) is 0.143. The molecule has 0 saturated carbocycles. The quantitative estimate of drug-likeness (QED) is 0.328. The Labute approximate surface area is 57.7 Å². The smallest absolute Gasteiger partial charge is 0.225 e. The first-order valence-corrected chi connectivity index (χ1v) is 2.77. The molecule has 0 N–H and O–H groups in total. The van der Waals surface area contributed by atoms with Gasteiger partial charge in [-0.2, -0.15) is 0 Å². The van der Waals surface area contributed by atoms with Crippen LogP contribution in [0.15, 0.2) is 23.5 Å². The summed E-state index contributed by atoms with van der Waals surface area (Å²) in [6, 6.07) is 0. The molecule has 0 aliphatic heterocycles. The summed E-state index contributed by atoms with van der Waals surface area (Å²) in [5, 5.41) is 10.7. The van der Waals surface area contributed by atoms with Crippen LogP contribution in [0.3, 0.4) is 0 Å². The fourth-order valence-electron chi connectivity index (χ4n) is 0.643. The van der Waals surface area contributed by atoms with Crippen molar-refractivity contribution in [3.05, 3.63) is 23.5 Å². The Morgan fingerprint density at radius 3 is 2.20 bits per heavy atom. The highest BCUT2D eigenvalue weighted by Gasteiger charge is 2.11. The van der Waals surface area contributed by atoms with Gasteiger partial charge in [-0.05, 0) is 19.1 Å². The molecule has 0 spiro atoms. The van der Waals surface area contributed by atoms with Gasteiger partial charge >= 0.3 is 0 Å². The highest BCUT2D eigenvalue weighted by atomic mass is 16.3. The van der Waals surface area contributed by atoms with Crippen molar-refractivity contribution in [2.75, 3.05) is 0 Å². The molecular weight excluding hydrogens is 132 g/mol. The van der Waals surface area contributed by atoms with Crippen molar-refractivity contribution in [1.82, 2.24) is 0 Å². The second-order valence-electron chi connectivity index (χ2n) is 2.06. The number of hydrogen-bond donors (Lipinski definition) is 0. The lowest BCUT2D eigenvalue weighted by Gasteiger charge is -2.14. The van der Waals surface area contributed by atoms with E-state index in [0.717, 1.165) is 12.2 Å². The molecule has 0 atom stereocenters. The average molecular weight is 137 g/mol. The van der Waals surface area contributed by atoms with E-state index in [4.69, 9.17) is 0 Å². The molecule has 0 heterocycles. The summed E-state index contributed by atoms with van der Waals surface area (Å²) < 4.78 is 0. The maximum atomic E-state index is 10.7. The van der Waals surface area contributed by atoms with Crippen LogP contribution in [0.4, 0.5) is 0 Å². The van der Waals surface area contributed by atoms with Crippen LogP contribution in [0.25, 0.3) is 0 Å². The Hall–Kier alpha value is -1.38. The summed E-state index contributed by atoms with van der Waals surface area (Å²) in [7, 11) is 0. The zero-order chi connectivity index (χ0) is 7.72. The first kappa shape index (κ1) is 6.74. The molecule has 0 aromatic carbocycles. The van der Waals surface area contributed by atoms with E-state index in [1.165, 1.54) is 6.92 Å². The molecule has 0 bridgehead atoms. The monoisotopic (exact) mass is 137 g/mol. The van der Waals surface area contributed by atoms with Gasteiger partial charge < -0.3 is 5.11 Å². The Kier molecular flexibility index (Phi) is 1.41. The molecule has 0 unspecified atom stereocenters. The minimum absolute atomic E-state index is 0.324. The highest BCUT2D eigenvalue weighted by molar-refractivity contribution is 6.46. The second-order valence-corrected chi connectivity index (χ2v) is 2.06. The van der Waals surface area contributed by atoms with Crippen LogP contribution in [0.5, 0.6) is 0 Å². The van der Waals surface area contributed by atoms with Gasteiger partial charge in [-0.1, -0.05) is 5.57 Å². The van der Waals surface area contributed by atoms with Gasteiger partial charge in [-0.3, -0.25) is 9.59 Å². The highest BCUT2D eigenvalue weighted by Crippen LogP contribution is 2.07. The third kappa shape index (κ3) is 0.978. The van der Waals surface area contributed by atoms with Crippen LogP contribution >= 0.6 is 0 Å². The molecule has 0 aromatic heterocycles. The minimum atomic E-state index is -0.726. The average Bonchev–Trinajstić information content (AvgIpc) is 1.84. The first-order chi connectivity index (χ1) is 4.61. The Bertz CT molecular complexity index is 230. The van der Waals surface area contributed by atoms with Gasteiger partial charge in [0.25, 0.3) is 0 Å². The van der Waals surface area contributed by atoms with Gasteiger partial charge in [-0.15, -0.1) is 5.76 Å². The topological polar surface area (TPSA) is 57.2 Å². The Balaban J connectivity index is 3.06. The second kappa shape index (κ2) is 2.10. The molecule has 1 rings (SSSR count). The summed E-state index contributed by atoms with van der Waals surface area (Å²) in [5.41, 5.74) is 0.324. The largest absolute Gasteiger partial charge is 0.872 e. The third-order valence-corrected chi connectivity index (χ3v) is 1.24. The summed E-state index contributed by atoms with van der Waals surface area (Å²) in [4.78, 5) is 21.0. The van der Waals surface area contributed by atoms with Crippen molar-refractivity contribution in [3.8, 4) is 0 Å². The number of hydrogen-bond acceptors (Lipinski definition) is 3. The maximum Gasteiger partial charge on any atom is 0.225 e. The number of ketones is 2. The molecule has 10 heavy (non-hydrogen) atoms. The lowest BCUT2D eigenvalue weighted by molar-refractivity contribution is -0.297. The van der Waals surface area contributed by atoms with Crippen molar-refractivity contribution in [2.24, 2.45) is 0 Å². The van der Waals surface area contributed by atoms with E-state index in [9.17, 15) is 14.7 Å². The predicted octanol–water partition coefficient (Wildman–Crippen LogP) is -0.671. The van der Waals surface area contributed by atoms with Crippen molar-refractivity contribution >= 4 is 11.6 Å². The molecule has 52 valence electrons. The van der Waals surface area contributed by atoms with E-state index in [0.29, 0.717) is 5.57 Å². The van der Waals surface area contributed by atoms with Crippen molar-refractivity contribution < 1.29 is 14.7 Å². The number of carbonyl (C=O) groups is 2. The first-order valence-electron chi connectivity index (χ1n) is 2.77. The van der Waals surface area contributed by atoms with Crippen LogP contribution in [0.1, 0.15) is 6.92 Å². The molecule has 1 aliphatic rings. The van der Waals surface area contributed by atoms with Gasteiger partial charge in [0.2, 0.25) is 11.6 Å². The van der Waals surface area contributed by atoms with Crippen molar-refractivity contribution in [1.29, 1.82) is 0 Å². The number of allylic oxidation sites excluding steroid dienone is 3. The van der Waals surface area contributed by atoms with E-state index in [1.807, 2.05) is 0 Å². The summed E-state index contributed by atoms with van der Waals surface area (Å²) in [6.45, 7) is 1.50. The van der Waals surface area contributed by atoms with E-state index in [1.54, 1.807) is 0 Å². The zero-order valence-corrected chi connectivity index (χ0v) is 5.38. The Morgan fingerprint density at radius 1 is 1.20 bits per heavy atom. The number of carbonyl (C=O) groups excluding carboxylic acids is 2. The van der Waals surface area contributed by atoms with Crippen molar-refractivity contribution in [3.63, 3.8) is 0 Å². The molecular formula is C7H5O3-. The Morgan fingerprint density at radius 2 is 1.70 bits per heavy atom. The minimum Gasteiger partial charge on any atom is -0.872 e. The predicted molar refractivity (Wildman–Crippen MR) is 31.9 cm³/mol. The van der Waals surface area contributed by atoms with Crippen LogP contribution < -0.4 is 5.11 Å². The van der Waals surface area contributed by atoms with Gasteiger partial charge in [0.05, 0.1) is 0 Å². The van der Waals surface area contributed by atoms with Gasteiger partial charge in [0.1, 0.15) is 0 Å². The molecule has 0 radical (unpaired) electrons. The summed E-state index contributed by atoms with van der Waals surface area (Å²) in [5.74, 6) is -1.71. The molecule has 3 heteroatoms. The maximum absolute atomic E-state index is 10.7. The standard InChI is InChI=1S/C7H6O3/c1-4-2-6(9)7(10)3-5(4)8/h2-3,8H,1H3/p-1. The zero-order valence-electron chi connectivity index (χ0n) is 5.38. The van der Waals surface area contributed by atoms with Crippen molar-refractivity contribution in [2.45, 2.75) is 6.92 Å². The van der Waals surface area contributed by atoms with E-state index in [2.05, 4.69) is 0 Å². The van der Waals surface area contributed by atoms with Crippen LogP contribution in [-0.4, -0.2) is 11.6 Å². The molecule has 1 aliphatic carbocycles. The molecule has 3 nitrogen and oxygen atoms in total. The summed E-state index contributed by atoms with van der Waals surface area (Å²) in [6.07, 6.45) is 1.88. The van der Waals surface area contributed by atoms with E-state index >= 15 is 0 Å². The fourth-order valence-corrected chi connectivity index (χ4v) is 0.643. The van der Waals surface area contributed by atoms with Gasteiger partial charge in [0.15, 0.2) is 0 Å². The lowest BCUT2D eigenvalue weighted by Crippen LogP contribution is -2.19. The van der Waals surface area contributed by atoms with E-state index in [-0.39, 0.29) is 5.76 Å². The van der Waals surface area contributed by atoms with Gasteiger partial charge in [-0.25, -0.2) is 0 Å². The van der Waals surface area contributed by atoms with E-state index < -0.39 is 11.6 Å². The van der Waals surface area contributed by atoms with Gasteiger partial charge in [0, 0.05) is 0 Å². The van der Waals surface area contributed by atoms with Crippen LogP contribution in [-0.2, 0) is 9.59 Å².